The molecule has 2 aromatic rings. The second-order valence-corrected chi connectivity index (χ2v) is 4.85. The molecular weight excluding hydrogens is 314 g/mol. The van der Waals surface area contributed by atoms with Gasteiger partial charge in [-0.05, 0) is 24.3 Å². The molecule has 0 bridgehead atoms. The van der Waals surface area contributed by atoms with E-state index < -0.39 is 11.8 Å². The van der Waals surface area contributed by atoms with E-state index in [0.717, 1.165) is 0 Å². The molecule has 2 aromatic carbocycles. The van der Waals surface area contributed by atoms with E-state index in [4.69, 9.17) is 16.9 Å². The summed E-state index contributed by atoms with van der Waals surface area (Å²) in [6.07, 6.45) is 1.20. The van der Waals surface area contributed by atoms with Crippen molar-refractivity contribution in [2.45, 2.75) is 0 Å². The van der Waals surface area contributed by atoms with Crippen molar-refractivity contribution in [3.05, 3.63) is 77.0 Å². The Labute approximate surface area is 138 Å². The third-order valence-electron chi connectivity index (χ3n) is 2.87. The van der Waals surface area contributed by atoms with Crippen LogP contribution in [-0.2, 0) is 4.79 Å². The Morgan fingerprint density at radius 2 is 1.70 bits per heavy atom. The van der Waals surface area contributed by atoms with Crippen LogP contribution in [0.3, 0.4) is 0 Å². The van der Waals surface area contributed by atoms with Crippen LogP contribution >= 0.6 is 11.6 Å². The molecule has 0 saturated heterocycles. The third kappa shape index (κ3) is 4.43. The number of anilines is 1. The molecule has 0 aliphatic rings. The van der Waals surface area contributed by atoms with E-state index in [2.05, 4.69) is 10.6 Å². The van der Waals surface area contributed by atoms with Crippen molar-refractivity contribution in [2.24, 2.45) is 0 Å². The molecular formula is C17H12ClN3O2. The molecule has 0 fully saturated rings. The fourth-order valence-electron chi connectivity index (χ4n) is 1.71. The van der Waals surface area contributed by atoms with E-state index in [1.54, 1.807) is 60.7 Å². The first-order chi connectivity index (χ1) is 11.1. The molecule has 0 unspecified atom stereocenters. The molecule has 2 amide bonds. The van der Waals surface area contributed by atoms with Crippen molar-refractivity contribution in [2.75, 3.05) is 5.32 Å². The van der Waals surface area contributed by atoms with Crippen LogP contribution < -0.4 is 10.6 Å². The molecule has 0 atom stereocenters. The molecule has 0 spiro atoms. The number of carbonyl (C=O) groups is 2. The number of rotatable bonds is 4. The average molecular weight is 326 g/mol. The van der Waals surface area contributed by atoms with E-state index in [1.165, 1.54) is 6.20 Å². The van der Waals surface area contributed by atoms with Gasteiger partial charge < -0.3 is 5.32 Å². The summed E-state index contributed by atoms with van der Waals surface area (Å²) in [7, 11) is 0. The summed E-state index contributed by atoms with van der Waals surface area (Å²) >= 11 is 5.97. The fraction of sp³-hybridized carbons (Fsp3) is 0. The van der Waals surface area contributed by atoms with E-state index in [9.17, 15) is 9.59 Å². The predicted octanol–water partition coefficient (Wildman–Crippen LogP) is 3.12. The molecule has 0 saturated carbocycles. The van der Waals surface area contributed by atoms with Gasteiger partial charge in [-0.15, -0.1) is 0 Å². The van der Waals surface area contributed by atoms with Gasteiger partial charge in [0.15, 0.2) is 0 Å². The summed E-state index contributed by atoms with van der Waals surface area (Å²) < 4.78 is 0. The lowest BCUT2D eigenvalue weighted by molar-refractivity contribution is -0.116. The van der Waals surface area contributed by atoms with E-state index >= 15 is 0 Å². The number of nitrogens with zero attached hydrogens (tertiary/aromatic N) is 1. The predicted molar refractivity (Wildman–Crippen MR) is 87.7 cm³/mol. The summed E-state index contributed by atoms with van der Waals surface area (Å²) in [5.74, 6) is -1.37. The van der Waals surface area contributed by atoms with E-state index in [1.807, 2.05) is 0 Å². The first kappa shape index (κ1) is 16.3. The largest absolute Gasteiger partial charge is 0.359 e. The third-order valence-corrected chi connectivity index (χ3v) is 3.20. The monoisotopic (exact) mass is 325 g/mol. The number of carbonyl (C=O) groups excluding carboxylic acids is 2. The number of para-hydroxylation sites is 1. The quantitative estimate of drug-likeness (QED) is 0.668. The number of imide groups is 1. The average Bonchev–Trinajstić information content (AvgIpc) is 2.57. The second-order valence-electron chi connectivity index (χ2n) is 4.44. The number of amides is 2. The zero-order chi connectivity index (χ0) is 16.7. The maximum absolute atomic E-state index is 12.0. The van der Waals surface area contributed by atoms with Gasteiger partial charge in [0.2, 0.25) is 0 Å². The zero-order valence-corrected chi connectivity index (χ0v) is 12.7. The highest BCUT2D eigenvalue weighted by Gasteiger charge is 2.14. The maximum Gasteiger partial charge on any atom is 0.270 e. The fourth-order valence-corrected chi connectivity index (χ4v) is 1.90. The lowest BCUT2D eigenvalue weighted by Crippen LogP contribution is -2.31. The van der Waals surface area contributed by atoms with Crippen molar-refractivity contribution in [1.29, 1.82) is 5.26 Å². The van der Waals surface area contributed by atoms with Gasteiger partial charge in [0.05, 0.1) is 10.7 Å². The van der Waals surface area contributed by atoms with Crippen LogP contribution in [0.25, 0.3) is 0 Å². The van der Waals surface area contributed by atoms with Crippen LogP contribution in [0.1, 0.15) is 10.4 Å². The molecule has 0 aliphatic heterocycles. The Morgan fingerprint density at radius 1 is 1.04 bits per heavy atom. The van der Waals surface area contributed by atoms with Crippen molar-refractivity contribution in [1.82, 2.24) is 5.32 Å². The second kappa shape index (κ2) is 7.78. The molecule has 23 heavy (non-hydrogen) atoms. The molecule has 2 rings (SSSR count). The Morgan fingerprint density at radius 3 is 2.35 bits per heavy atom. The number of nitrogens with one attached hydrogen (secondary N) is 2. The number of hydrogen-bond donors (Lipinski definition) is 2. The molecule has 114 valence electrons. The molecule has 0 aromatic heterocycles. The van der Waals surface area contributed by atoms with Gasteiger partial charge in [-0.2, -0.15) is 5.26 Å². The minimum atomic E-state index is -0.791. The Hall–Kier alpha value is -3.10. The molecule has 5 nitrogen and oxygen atoms in total. The number of nitriles is 1. The number of benzene rings is 2. The first-order valence-electron chi connectivity index (χ1n) is 6.64. The summed E-state index contributed by atoms with van der Waals surface area (Å²) in [4.78, 5) is 23.9. The number of halogens is 1. The van der Waals surface area contributed by atoms with Crippen LogP contribution in [-0.4, -0.2) is 11.8 Å². The Bertz CT molecular complexity index is 795. The van der Waals surface area contributed by atoms with Crippen LogP contribution in [0.2, 0.25) is 5.02 Å². The normalized spacial score (nSPS) is 10.5. The highest BCUT2D eigenvalue weighted by atomic mass is 35.5. The lowest BCUT2D eigenvalue weighted by Gasteiger charge is -2.05. The smallest absolute Gasteiger partial charge is 0.270 e. The first-order valence-corrected chi connectivity index (χ1v) is 7.01. The van der Waals surface area contributed by atoms with Gasteiger partial charge >= 0.3 is 0 Å². The van der Waals surface area contributed by atoms with Crippen molar-refractivity contribution >= 4 is 29.1 Å². The van der Waals surface area contributed by atoms with Gasteiger partial charge in [-0.3, -0.25) is 14.9 Å². The van der Waals surface area contributed by atoms with Crippen LogP contribution in [0, 0.1) is 11.3 Å². The lowest BCUT2D eigenvalue weighted by atomic mass is 10.2. The van der Waals surface area contributed by atoms with Crippen molar-refractivity contribution in [3.63, 3.8) is 0 Å². The zero-order valence-electron chi connectivity index (χ0n) is 11.9. The van der Waals surface area contributed by atoms with Crippen LogP contribution in [0.5, 0.6) is 0 Å². The van der Waals surface area contributed by atoms with Gasteiger partial charge in [0.1, 0.15) is 11.6 Å². The van der Waals surface area contributed by atoms with Gasteiger partial charge in [-0.1, -0.05) is 41.9 Å². The number of hydrogen-bond acceptors (Lipinski definition) is 4. The van der Waals surface area contributed by atoms with Crippen molar-refractivity contribution in [3.8, 4) is 6.07 Å². The van der Waals surface area contributed by atoms with E-state index in [0.29, 0.717) is 16.3 Å². The van der Waals surface area contributed by atoms with Crippen LogP contribution in [0.15, 0.2) is 66.4 Å². The van der Waals surface area contributed by atoms with Crippen molar-refractivity contribution < 1.29 is 9.59 Å². The standard InChI is InChI=1S/C17H12ClN3O2/c18-14-8-4-5-9-15(14)20-11-13(10-19)17(23)21-16(22)12-6-2-1-3-7-12/h1-9,11,20H,(H,21,22,23)/b13-11+. The van der Waals surface area contributed by atoms with Gasteiger partial charge in [0.25, 0.3) is 11.8 Å². The summed E-state index contributed by atoms with van der Waals surface area (Å²) in [5, 5.41) is 14.4. The highest BCUT2D eigenvalue weighted by Crippen LogP contribution is 2.20. The van der Waals surface area contributed by atoms with E-state index in [-0.39, 0.29) is 5.57 Å². The molecule has 0 aliphatic carbocycles. The molecule has 2 N–H and O–H groups in total. The van der Waals surface area contributed by atoms with Gasteiger partial charge in [-0.25, -0.2) is 0 Å². The maximum atomic E-state index is 12.0. The van der Waals surface area contributed by atoms with Gasteiger partial charge in [0, 0.05) is 11.8 Å². The summed E-state index contributed by atoms with van der Waals surface area (Å²) in [6, 6.07) is 16.9. The minimum Gasteiger partial charge on any atom is -0.359 e. The SMILES string of the molecule is N#C/C(=C\Nc1ccccc1Cl)C(=O)NC(=O)c1ccccc1. The summed E-state index contributed by atoms with van der Waals surface area (Å²) in [6.45, 7) is 0. The minimum absolute atomic E-state index is 0.241. The molecule has 6 heteroatoms. The van der Waals surface area contributed by atoms with Crippen LogP contribution in [0.4, 0.5) is 5.69 Å². The topological polar surface area (TPSA) is 82.0 Å². The molecule has 0 radical (unpaired) electrons. The Kier molecular flexibility index (Phi) is 5.50. The highest BCUT2D eigenvalue weighted by molar-refractivity contribution is 6.33. The molecule has 0 heterocycles. The summed E-state index contributed by atoms with van der Waals surface area (Å²) in [5.41, 5.74) is 0.635. The Balaban J connectivity index is 2.07.